The average molecular weight is 336 g/mol. The third kappa shape index (κ3) is 13.8. The summed E-state index contributed by atoms with van der Waals surface area (Å²) < 4.78 is 24.8. The lowest BCUT2D eigenvalue weighted by atomic mass is 10.4. The Labute approximate surface area is 136 Å². The van der Waals surface area contributed by atoms with Gasteiger partial charge in [-0.25, -0.2) is 9.59 Å². The van der Waals surface area contributed by atoms with Gasteiger partial charge in [-0.1, -0.05) is 0 Å². The predicted molar refractivity (Wildman–Crippen MR) is 82.5 cm³/mol. The number of rotatable bonds is 13. The summed E-state index contributed by atoms with van der Waals surface area (Å²) in [5, 5.41) is 5.15. The first-order chi connectivity index (χ1) is 11.1. The van der Waals surface area contributed by atoms with Crippen LogP contribution in [0.25, 0.3) is 0 Å². The Morgan fingerprint density at radius 2 is 1.26 bits per heavy atom. The normalized spacial score (nSPS) is 10.4. The minimum Gasteiger partial charge on any atom is -0.447 e. The molecule has 2 amide bonds. The van der Waals surface area contributed by atoms with E-state index >= 15 is 0 Å². The van der Waals surface area contributed by atoms with Gasteiger partial charge in [-0.05, 0) is 12.8 Å². The summed E-state index contributed by atoms with van der Waals surface area (Å²) >= 11 is 0. The molecule has 0 spiro atoms. The number of ether oxygens (including phenoxy) is 5. The van der Waals surface area contributed by atoms with E-state index in [1.165, 1.54) is 7.11 Å². The lowest BCUT2D eigenvalue weighted by Crippen LogP contribution is -2.34. The molecular weight excluding hydrogens is 308 g/mol. The Kier molecular flexibility index (Phi) is 14.3. The highest BCUT2D eigenvalue weighted by Crippen LogP contribution is 1.95. The van der Waals surface area contributed by atoms with Gasteiger partial charge in [0.05, 0.1) is 0 Å². The summed E-state index contributed by atoms with van der Waals surface area (Å²) in [5.74, 6) is 0. The van der Waals surface area contributed by atoms with Crippen molar-refractivity contribution in [2.75, 3.05) is 60.8 Å². The number of amides is 2. The Morgan fingerprint density at radius 1 is 0.826 bits per heavy atom. The van der Waals surface area contributed by atoms with Crippen LogP contribution in [0.4, 0.5) is 9.59 Å². The molecule has 2 N–H and O–H groups in total. The van der Waals surface area contributed by atoms with Crippen molar-refractivity contribution in [3.8, 4) is 0 Å². The first-order valence-corrected chi connectivity index (χ1v) is 7.46. The van der Waals surface area contributed by atoms with Gasteiger partial charge in [0.25, 0.3) is 0 Å². The van der Waals surface area contributed by atoms with Gasteiger partial charge >= 0.3 is 12.2 Å². The van der Waals surface area contributed by atoms with Crippen molar-refractivity contribution in [3.05, 3.63) is 0 Å². The van der Waals surface area contributed by atoms with Crippen LogP contribution in [-0.2, 0) is 23.7 Å². The van der Waals surface area contributed by atoms with Crippen molar-refractivity contribution in [2.24, 2.45) is 0 Å². The summed E-state index contributed by atoms with van der Waals surface area (Å²) in [6.45, 7) is 2.03. The van der Waals surface area contributed by atoms with E-state index in [0.717, 1.165) is 0 Å². The molecule has 23 heavy (non-hydrogen) atoms. The first-order valence-electron chi connectivity index (χ1n) is 7.46. The first kappa shape index (κ1) is 21.4. The SMILES string of the molecule is COCCCNC(=O)OCC(COC(=O)NCCCOC)OC. The number of nitrogens with one attached hydrogen (secondary N) is 2. The molecule has 0 aliphatic heterocycles. The van der Waals surface area contributed by atoms with Gasteiger partial charge in [-0.2, -0.15) is 0 Å². The molecule has 0 heterocycles. The molecule has 0 atom stereocenters. The van der Waals surface area contributed by atoms with Crippen molar-refractivity contribution in [3.63, 3.8) is 0 Å². The van der Waals surface area contributed by atoms with Crippen LogP contribution in [0.3, 0.4) is 0 Å². The maximum atomic E-state index is 11.4. The Bertz CT molecular complexity index is 288. The van der Waals surface area contributed by atoms with Crippen LogP contribution in [0, 0.1) is 0 Å². The molecule has 9 nitrogen and oxygen atoms in total. The van der Waals surface area contributed by atoms with Gasteiger partial charge in [0.2, 0.25) is 0 Å². The lowest BCUT2D eigenvalue weighted by Gasteiger charge is -2.16. The number of alkyl carbamates (subject to hydrolysis) is 2. The molecule has 0 aromatic rings. The largest absolute Gasteiger partial charge is 0.447 e. The molecule has 136 valence electrons. The molecule has 0 fully saturated rings. The minimum absolute atomic E-state index is 0.0104. The highest BCUT2D eigenvalue weighted by atomic mass is 16.6. The molecule has 9 heteroatoms. The standard InChI is InChI=1S/C14H28N2O7/c1-19-8-4-6-15-13(17)22-10-12(21-3)11-23-14(18)16-7-5-9-20-2/h12H,4-11H2,1-3H3,(H,15,17)(H,16,18). The van der Waals surface area contributed by atoms with E-state index < -0.39 is 18.3 Å². The molecule has 0 aromatic carbocycles. The van der Waals surface area contributed by atoms with E-state index in [1.54, 1.807) is 14.2 Å². The fraction of sp³-hybridized carbons (Fsp3) is 0.857. The maximum Gasteiger partial charge on any atom is 0.407 e. The summed E-state index contributed by atoms with van der Waals surface area (Å²) in [6.07, 6.45) is -0.221. The summed E-state index contributed by atoms with van der Waals surface area (Å²) in [6, 6.07) is 0. The quantitative estimate of drug-likeness (QED) is 0.473. The maximum absolute atomic E-state index is 11.4. The summed E-state index contributed by atoms with van der Waals surface area (Å²) in [4.78, 5) is 22.8. The lowest BCUT2D eigenvalue weighted by molar-refractivity contribution is -0.00455. The second-order valence-corrected chi connectivity index (χ2v) is 4.60. The van der Waals surface area contributed by atoms with Gasteiger partial charge < -0.3 is 34.3 Å². The molecule has 0 aliphatic carbocycles. The fourth-order valence-electron chi connectivity index (χ4n) is 1.44. The van der Waals surface area contributed by atoms with Crippen molar-refractivity contribution in [1.82, 2.24) is 10.6 Å². The van der Waals surface area contributed by atoms with E-state index in [0.29, 0.717) is 39.1 Å². The summed E-state index contributed by atoms with van der Waals surface area (Å²) in [7, 11) is 4.63. The topological polar surface area (TPSA) is 104 Å². The van der Waals surface area contributed by atoms with Crippen LogP contribution >= 0.6 is 0 Å². The van der Waals surface area contributed by atoms with Crippen molar-refractivity contribution in [1.29, 1.82) is 0 Å². The second-order valence-electron chi connectivity index (χ2n) is 4.60. The zero-order valence-electron chi connectivity index (χ0n) is 14.1. The number of carbonyl (C=O) groups is 2. The molecule has 0 rings (SSSR count). The number of hydrogen-bond acceptors (Lipinski definition) is 7. The van der Waals surface area contributed by atoms with Crippen LogP contribution in [-0.4, -0.2) is 79.1 Å². The van der Waals surface area contributed by atoms with Gasteiger partial charge in [0.15, 0.2) is 0 Å². The third-order valence-corrected chi connectivity index (χ3v) is 2.72. The van der Waals surface area contributed by atoms with Gasteiger partial charge in [-0.3, -0.25) is 0 Å². The molecule has 0 aliphatic rings. The molecule has 0 saturated heterocycles. The molecule has 0 aromatic heterocycles. The highest BCUT2D eigenvalue weighted by molar-refractivity contribution is 5.67. The minimum atomic E-state index is -0.549. The van der Waals surface area contributed by atoms with E-state index in [4.69, 9.17) is 23.7 Å². The van der Waals surface area contributed by atoms with E-state index in [2.05, 4.69) is 10.6 Å². The third-order valence-electron chi connectivity index (χ3n) is 2.72. The Morgan fingerprint density at radius 3 is 1.61 bits per heavy atom. The van der Waals surface area contributed by atoms with Crippen LogP contribution in [0.1, 0.15) is 12.8 Å². The van der Waals surface area contributed by atoms with Crippen LogP contribution in [0.5, 0.6) is 0 Å². The van der Waals surface area contributed by atoms with Crippen molar-refractivity contribution < 1.29 is 33.3 Å². The number of methoxy groups -OCH3 is 3. The van der Waals surface area contributed by atoms with E-state index in [-0.39, 0.29) is 13.2 Å². The van der Waals surface area contributed by atoms with Crippen LogP contribution in [0.15, 0.2) is 0 Å². The van der Waals surface area contributed by atoms with Crippen molar-refractivity contribution >= 4 is 12.2 Å². The molecule has 0 unspecified atom stereocenters. The second kappa shape index (κ2) is 15.3. The molecule has 0 saturated carbocycles. The van der Waals surface area contributed by atoms with E-state index in [1.807, 2.05) is 0 Å². The average Bonchev–Trinajstić information content (AvgIpc) is 2.55. The highest BCUT2D eigenvalue weighted by Gasteiger charge is 2.13. The van der Waals surface area contributed by atoms with Gasteiger partial charge in [0.1, 0.15) is 19.3 Å². The van der Waals surface area contributed by atoms with Gasteiger partial charge in [0, 0.05) is 47.6 Å². The molecular formula is C14H28N2O7. The van der Waals surface area contributed by atoms with Crippen LogP contribution in [0.2, 0.25) is 0 Å². The van der Waals surface area contributed by atoms with E-state index in [9.17, 15) is 9.59 Å². The van der Waals surface area contributed by atoms with Crippen LogP contribution < -0.4 is 10.6 Å². The molecule has 0 bridgehead atoms. The Balaban J connectivity index is 3.72. The van der Waals surface area contributed by atoms with Gasteiger partial charge in [-0.15, -0.1) is 0 Å². The Hall–Kier alpha value is -1.58. The zero-order valence-corrected chi connectivity index (χ0v) is 14.1. The fourth-order valence-corrected chi connectivity index (χ4v) is 1.44. The smallest absolute Gasteiger partial charge is 0.407 e. The monoisotopic (exact) mass is 336 g/mol. The van der Waals surface area contributed by atoms with Crippen molar-refractivity contribution in [2.45, 2.75) is 18.9 Å². The summed E-state index contributed by atoms with van der Waals surface area (Å²) in [5.41, 5.74) is 0. The number of hydrogen-bond donors (Lipinski definition) is 2. The number of carbonyl (C=O) groups excluding carboxylic acids is 2. The zero-order chi connectivity index (χ0) is 17.3. The predicted octanol–water partition coefficient (Wildman–Crippen LogP) is 0.527. The molecule has 0 radical (unpaired) electrons.